The molecule has 0 radical (unpaired) electrons. The SMILES string of the molecule is CC/C=C\C/C=C\C/C=C\C/C=C\C/C=C\C/C=C\CCC(=O)O[C@H](COC(=O)CCCCCCCCCCCCCCCCCCCC)COP(=O)(O)OC1C(O)C(O)C(O)[C@@H](O)C1O. The molecule has 0 saturated heterocycles. The van der Waals surface area contributed by atoms with Crippen LogP contribution in [0.15, 0.2) is 72.9 Å². The minimum atomic E-state index is -5.14. The third-order valence-corrected chi connectivity index (χ3v) is 12.3. The maximum atomic E-state index is 12.8. The topological polar surface area (TPSA) is 210 Å². The lowest BCUT2D eigenvalue weighted by Gasteiger charge is -2.41. The summed E-state index contributed by atoms with van der Waals surface area (Å²) in [6.07, 6.45) is 39.6. The fourth-order valence-electron chi connectivity index (χ4n) is 7.31. The van der Waals surface area contributed by atoms with Crippen LogP contribution in [0.5, 0.6) is 0 Å². The van der Waals surface area contributed by atoms with Gasteiger partial charge in [-0.2, -0.15) is 0 Å². The minimum Gasteiger partial charge on any atom is -0.462 e. The van der Waals surface area contributed by atoms with Crippen LogP contribution in [0.1, 0.15) is 187 Å². The van der Waals surface area contributed by atoms with E-state index in [2.05, 4.69) is 68.5 Å². The number of carbonyl (C=O) groups is 2. The second-order valence-electron chi connectivity index (χ2n) is 17.3. The molecular weight excluding hydrogens is 864 g/mol. The Kier molecular flexibility index (Phi) is 38.3. The summed E-state index contributed by atoms with van der Waals surface area (Å²) in [5, 5.41) is 50.2. The summed E-state index contributed by atoms with van der Waals surface area (Å²) in [5.41, 5.74) is 0. The summed E-state index contributed by atoms with van der Waals surface area (Å²) >= 11 is 0. The summed E-state index contributed by atoms with van der Waals surface area (Å²) in [4.78, 5) is 35.8. The zero-order valence-electron chi connectivity index (χ0n) is 40.5. The summed E-state index contributed by atoms with van der Waals surface area (Å²) in [6.45, 7) is 3.14. The lowest BCUT2D eigenvalue weighted by molar-refractivity contribution is -0.220. The summed E-state index contributed by atoms with van der Waals surface area (Å²) < 4.78 is 33.5. The molecular formula is C52H89O13P. The van der Waals surface area contributed by atoms with Crippen LogP contribution < -0.4 is 0 Å². The maximum Gasteiger partial charge on any atom is 0.472 e. The van der Waals surface area contributed by atoms with Crippen molar-refractivity contribution < 1.29 is 63.1 Å². The van der Waals surface area contributed by atoms with E-state index in [0.717, 1.165) is 51.4 Å². The first-order valence-corrected chi connectivity index (χ1v) is 26.7. The van der Waals surface area contributed by atoms with Gasteiger partial charge in [0.05, 0.1) is 6.61 Å². The van der Waals surface area contributed by atoms with Gasteiger partial charge < -0.3 is 39.9 Å². The van der Waals surface area contributed by atoms with Gasteiger partial charge in [0.15, 0.2) is 6.10 Å². The number of esters is 2. The van der Waals surface area contributed by atoms with Crippen molar-refractivity contribution in [2.45, 2.75) is 230 Å². The third kappa shape index (κ3) is 32.9. The zero-order valence-corrected chi connectivity index (χ0v) is 41.4. The third-order valence-electron chi connectivity index (χ3n) is 11.3. The Balaban J connectivity index is 2.47. The van der Waals surface area contributed by atoms with Crippen molar-refractivity contribution in [1.82, 2.24) is 0 Å². The van der Waals surface area contributed by atoms with E-state index < -0.39 is 75.7 Å². The molecule has 0 aromatic heterocycles. The standard InChI is InChI=1S/C52H89O13P/c1-3-5-7-9-11-13-15-17-19-21-23-25-27-29-31-33-35-37-39-41-46(54)64-44(43-63-66(60,61)65-52-50(58)48(56)47(55)49(57)51(52)59)42-62-45(53)40-38-36-34-32-30-28-26-24-22-20-18-16-14-12-10-8-6-4-2/h5,7,11,13,17,19,23,25,29,31,35,37,44,47-52,55-59H,3-4,6,8-10,12,14-16,18,20-22,24,26-28,30,32-34,36,38-43H2,1-2H3,(H,60,61)/b7-5-,13-11-,19-17-,25-23-,31-29-,37-35-/t44-,47?,48-,49?,50?,51?,52?/m1/s1. The Labute approximate surface area is 397 Å². The lowest BCUT2D eigenvalue weighted by Crippen LogP contribution is -2.64. The first-order valence-electron chi connectivity index (χ1n) is 25.2. The van der Waals surface area contributed by atoms with Crippen molar-refractivity contribution in [3.05, 3.63) is 72.9 Å². The molecule has 1 saturated carbocycles. The van der Waals surface area contributed by atoms with Gasteiger partial charge in [0.25, 0.3) is 0 Å². The Morgan fingerprint density at radius 2 is 0.864 bits per heavy atom. The van der Waals surface area contributed by atoms with Crippen LogP contribution in [-0.4, -0.2) is 98.3 Å². The smallest absolute Gasteiger partial charge is 0.462 e. The molecule has 1 aliphatic carbocycles. The van der Waals surface area contributed by atoms with Crippen LogP contribution >= 0.6 is 7.82 Å². The quantitative estimate of drug-likeness (QED) is 0.0146. The molecule has 14 heteroatoms. The maximum absolute atomic E-state index is 12.8. The second kappa shape index (κ2) is 41.3. The number of carbonyl (C=O) groups excluding carboxylic acids is 2. The normalized spacial score (nSPS) is 21.9. The van der Waals surface area contributed by atoms with Gasteiger partial charge in [-0.1, -0.05) is 196 Å². The predicted molar refractivity (Wildman–Crippen MR) is 262 cm³/mol. The van der Waals surface area contributed by atoms with Crippen LogP contribution in [0.2, 0.25) is 0 Å². The number of phosphoric ester groups is 1. The molecule has 0 heterocycles. The van der Waals surface area contributed by atoms with Crippen LogP contribution in [0.3, 0.4) is 0 Å². The first kappa shape index (κ1) is 61.3. The van der Waals surface area contributed by atoms with E-state index in [1.165, 1.54) is 89.9 Å². The predicted octanol–water partition coefficient (Wildman–Crippen LogP) is 10.7. The number of phosphoric acid groups is 1. The average molecular weight is 953 g/mol. The molecule has 0 amide bonds. The molecule has 6 N–H and O–H groups in total. The molecule has 0 aliphatic heterocycles. The number of aliphatic hydroxyl groups excluding tert-OH is 5. The van der Waals surface area contributed by atoms with Gasteiger partial charge >= 0.3 is 19.8 Å². The van der Waals surface area contributed by atoms with Crippen molar-refractivity contribution in [1.29, 1.82) is 0 Å². The molecule has 0 spiro atoms. The molecule has 8 atom stereocenters. The fourth-order valence-corrected chi connectivity index (χ4v) is 8.29. The molecule has 6 unspecified atom stereocenters. The van der Waals surface area contributed by atoms with Crippen molar-refractivity contribution in [3.63, 3.8) is 0 Å². The molecule has 1 fully saturated rings. The number of allylic oxidation sites excluding steroid dienone is 12. The van der Waals surface area contributed by atoms with Gasteiger partial charge in [0.2, 0.25) is 0 Å². The average Bonchev–Trinajstić information content (AvgIpc) is 3.30. The number of aliphatic hydroxyl groups is 5. The van der Waals surface area contributed by atoms with Crippen molar-refractivity contribution in [2.24, 2.45) is 0 Å². The highest BCUT2D eigenvalue weighted by atomic mass is 31.2. The number of ether oxygens (including phenoxy) is 2. The van der Waals surface area contributed by atoms with Gasteiger partial charge in [-0.05, 0) is 51.4 Å². The number of hydrogen-bond acceptors (Lipinski definition) is 12. The first-order chi connectivity index (χ1) is 31.9. The van der Waals surface area contributed by atoms with Crippen LogP contribution in [0, 0.1) is 0 Å². The van der Waals surface area contributed by atoms with E-state index in [4.69, 9.17) is 18.5 Å². The van der Waals surface area contributed by atoms with Gasteiger partial charge in [-0.25, -0.2) is 4.57 Å². The van der Waals surface area contributed by atoms with Crippen molar-refractivity contribution in [2.75, 3.05) is 13.2 Å². The van der Waals surface area contributed by atoms with E-state index in [1.54, 1.807) is 0 Å². The summed E-state index contributed by atoms with van der Waals surface area (Å²) in [7, 11) is -5.14. The molecule has 1 aliphatic rings. The molecule has 0 bridgehead atoms. The van der Waals surface area contributed by atoms with E-state index in [9.17, 15) is 44.6 Å². The van der Waals surface area contributed by atoms with Gasteiger partial charge in [0.1, 0.15) is 43.2 Å². The van der Waals surface area contributed by atoms with Crippen molar-refractivity contribution >= 4 is 19.8 Å². The highest BCUT2D eigenvalue weighted by Crippen LogP contribution is 2.47. The Morgan fingerprint density at radius 3 is 1.29 bits per heavy atom. The van der Waals surface area contributed by atoms with Crippen LogP contribution in [0.25, 0.3) is 0 Å². The molecule has 66 heavy (non-hydrogen) atoms. The van der Waals surface area contributed by atoms with E-state index in [-0.39, 0.29) is 12.8 Å². The van der Waals surface area contributed by atoms with Gasteiger partial charge in [-0.3, -0.25) is 18.6 Å². The summed E-state index contributed by atoms with van der Waals surface area (Å²) in [6, 6.07) is 0. The molecule has 0 aromatic rings. The fraction of sp³-hybridized carbons (Fsp3) is 0.731. The van der Waals surface area contributed by atoms with E-state index >= 15 is 0 Å². The molecule has 0 aromatic carbocycles. The van der Waals surface area contributed by atoms with Crippen LogP contribution in [-0.2, 0) is 32.7 Å². The van der Waals surface area contributed by atoms with Crippen molar-refractivity contribution in [3.8, 4) is 0 Å². The Bertz CT molecular complexity index is 1430. The number of unbranched alkanes of at least 4 members (excludes halogenated alkanes) is 17. The van der Waals surface area contributed by atoms with E-state index in [1.807, 2.05) is 18.2 Å². The lowest BCUT2D eigenvalue weighted by atomic mass is 9.85. The molecule has 13 nitrogen and oxygen atoms in total. The monoisotopic (exact) mass is 953 g/mol. The zero-order chi connectivity index (χ0) is 48.5. The Hall–Kier alpha value is -2.71. The number of hydrogen-bond donors (Lipinski definition) is 6. The number of rotatable bonds is 41. The van der Waals surface area contributed by atoms with E-state index in [0.29, 0.717) is 19.3 Å². The largest absolute Gasteiger partial charge is 0.472 e. The van der Waals surface area contributed by atoms with Gasteiger partial charge in [0, 0.05) is 12.8 Å². The highest BCUT2D eigenvalue weighted by molar-refractivity contribution is 7.47. The van der Waals surface area contributed by atoms with Crippen LogP contribution in [0.4, 0.5) is 0 Å². The molecule has 380 valence electrons. The molecule has 1 rings (SSSR count). The minimum absolute atomic E-state index is 0.0300. The highest BCUT2D eigenvalue weighted by Gasteiger charge is 2.51. The Morgan fingerprint density at radius 1 is 0.485 bits per heavy atom. The second-order valence-corrected chi connectivity index (χ2v) is 18.7. The van der Waals surface area contributed by atoms with Gasteiger partial charge in [-0.15, -0.1) is 0 Å². The summed E-state index contributed by atoms with van der Waals surface area (Å²) in [5.74, 6) is -1.20.